The Hall–Kier alpha value is -2.14. The van der Waals surface area contributed by atoms with Gasteiger partial charge in [-0.25, -0.2) is 4.98 Å². The predicted octanol–water partition coefficient (Wildman–Crippen LogP) is 2.78. The molecule has 2 aromatic rings. The Labute approximate surface area is 117 Å². The zero-order valence-corrected chi connectivity index (χ0v) is 11.6. The Morgan fingerprint density at radius 1 is 1.21 bits per heavy atom. The fourth-order valence-corrected chi connectivity index (χ4v) is 1.83. The van der Waals surface area contributed by atoms with Crippen molar-refractivity contribution in [2.45, 2.75) is 6.92 Å². The van der Waals surface area contributed by atoms with Gasteiger partial charge < -0.3 is 15.8 Å². The first-order valence-corrected chi connectivity index (χ1v) is 6.19. The number of nitrogens with two attached hydrogens (primary N) is 1. The van der Waals surface area contributed by atoms with E-state index in [0.717, 1.165) is 22.7 Å². The molecule has 1 heterocycles. The van der Waals surface area contributed by atoms with E-state index in [-0.39, 0.29) is 0 Å². The Kier molecular flexibility index (Phi) is 3.97. The summed E-state index contributed by atoms with van der Waals surface area (Å²) in [6.07, 6.45) is 0. The van der Waals surface area contributed by atoms with Gasteiger partial charge in [0.2, 0.25) is 0 Å². The van der Waals surface area contributed by atoms with Crippen LogP contribution in [0, 0.1) is 6.92 Å². The molecular formula is C14H15N3OS. The molecule has 98 valence electrons. The molecule has 3 N–H and O–H groups in total. The molecule has 1 aromatic heterocycles. The number of hydrogen-bond donors (Lipinski definition) is 2. The molecule has 0 spiro atoms. The summed E-state index contributed by atoms with van der Waals surface area (Å²) in [4.78, 5) is 4.75. The van der Waals surface area contributed by atoms with Crippen molar-refractivity contribution >= 4 is 28.7 Å². The largest absolute Gasteiger partial charge is 0.497 e. The van der Waals surface area contributed by atoms with E-state index in [4.69, 9.17) is 22.7 Å². The number of methoxy groups -OCH3 is 1. The first kappa shape index (κ1) is 13.3. The highest BCUT2D eigenvalue weighted by molar-refractivity contribution is 7.80. The van der Waals surface area contributed by atoms with E-state index < -0.39 is 0 Å². The van der Waals surface area contributed by atoms with Crippen LogP contribution >= 0.6 is 12.2 Å². The smallest absolute Gasteiger partial charge is 0.140 e. The molecule has 4 nitrogen and oxygen atoms in total. The van der Waals surface area contributed by atoms with Crippen LogP contribution in [0.15, 0.2) is 36.4 Å². The number of benzene rings is 1. The lowest BCUT2D eigenvalue weighted by Crippen LogP contribution is -2.13. The van der Waals surface area contributed by atoms with E-state index in [9.17, 15) is 0 Å². The maximum atomic E-state index is 5.70. The van der Waals surface area contributed by atoms with Crippen LogP contribution in [0.4, 0.5) is 11.5 Å². The Morgan fingerprint density at radius 2 is 1.89 bits per heavy atom. The van der Waals surface area contributed by atoms with Gasteiger partial charge in [0.05, 0.1) is 12.7 Å². The van der Waals surface area contributed by atoms with Crippen LogP contribution in [0.2, 0.25) is 0 Å². The molecule has 0 bridgehead atoms. The summed E-state index contributed by atoms with van der Waals surface area (Å²) in [6, 6.07) is 11.3. The minimum atomic E-state index is 0.323. The van der Waals surface area contributed by atoms with Crippen molar-refractivity contribution in [2.75, 3.05) is 12.4 Å². The third-order valence-electron chi connectivity index (χ3n) is 2.65. The third-order valence-corrected chi connectivity index (χ3v) is 2.87. The quantitative estimate of drug-likeness (QED) is 0.839. The van der Waals surface area contributed by atoms with Crippen molar-refractivity contribution < 1.29 is 4.74 Å². The van der Waals surface area contributed by atoms with Gasteiger partial charge in [0.25, 0.3) is 0 Å². The van der Waals surface area contributed by atoms with Gasteiger partial charge in [0.15, 0.2) is 0 Å². The number of hydrogen-bond acceptors (Lipinski definition) is 4. The first-order chi connectivity index (χ1) is 9.10. The molecule has 5 heteroatoms. The number of nitrogens with one attached hydrogen (secondary N) is 1. The molecule has 0 radical (unpaired) electrons. The highest BCUT2D eigenvalue weighted by Gasteiger charge is 2.07. The number of ether oxygens (including phenoxy) is 1. The molecule has 0 amide bonds. The summed E-state index contributed by atoms with van der Waals surface area (Å²) in [6.45, 7) is 1.92. The molecule has 19 heavy (non-hydrogen) atoms. The summed E-state index contributed by atoms with van der Waals surface area (Å²) in [5.41, 5.74) is 8.23. The Bertz CT molecular complexity index is 596. The average Bonchev–Trinajstić information content (AvgIpc) is 2.39. The number of aromatic nitrogens is 1. The van der Waals surface area contributed by atoms with Crippen molar-refractivity contribution in [1.29, 1.82) is 0 Å². The zero-order valence-electron chi connectivity index (χ0n) is 10.8. The van der Waals surface area contributed by atoms with Crippen molar-refractivity contribution in [1.82, 2.24) is 4.98 Å². The SMILES string of the molecule is COc1ccc(Nc2nc(C)ccc2C(N)=S)cc1. The second-order valence-electron chi connectivity index (χ2n) is 4.07. The lowest BCUT2D eigenvalue weighted by molar-refractivity contribution is 0.415. The van der Waals surface area contributed by atoms with Crippen molar-refractivity contribution in [3.05, 3.63) is 47.7 Å². The summed E-state index contributed by atoms with van der Waals surface area (Å²) >= 11 is 5.03. The van der Waals surface area contributed by atoms with Crippen molar-refractivity contribution in [2.24, 2.45) is 5.73 Å². The van der Waals surface area contributed by atoms with Crippen LogP contribution in [0.1, 0.15) is 11.3 Å². The van der Waals surface area contributed by atoms with E-state index in [0.29, 0.717) is 10.8 Å². The van der Waals surface area contributed by atoms with E-state index in [1.165, 1.54) is 0 Å². The van der Waals surface area contributed by atoms with Crippen molar-refractivity contribution in [3.8, 4) is 5.75 Å². The Balaban J connectivity index is 2.31. The van der Waals surface area contributed by atoms with E-state index in [2.05, 4.69) is 10.3 Å². The lowest BCUT2D eigenvalue weighted by Gasteiger charge is -2.11. The summed E-state index contributed by atoms with van der Waals surface area (Å²) in [5.74, 6) is 1.47. The maximum absolute atomic E-state index is 5.70. The van der Waals surface area contributed by atoms with Gasteiger partial charge in [0, 0.05) is 11.4 Å². The molecule has 2 rings (SSSR count). The molecular weight excluding hydrogens is 258 g/mol. The number of anilines is 2. The summed E-state index contributed by atoms with van der Waals surface area (Å²) in [7, 11) is 1.63. The maximum Gasteiger partial charge on any atom is 0.140 e. The molecule has 1 aromatic carbocycles. The van der Waals surface area contributed by atoms with Gasteiger partial charge in [-0.1, -0.05) is 12.2 Å². The van der Waals surface area contributed by atoms with Gasteiger partial charge in [0.1, 0.15) is 16.6 Å². The minimum Gasteiger partial charge on any atom is -0.497 e. The molecule has 0 unspecified atom stereocenters. The number of thiocarbonyl (C=S) groups is 1. The number of pyridine rings is 1. The van der Waals surface area contributed by atoms with E-state index in [1.807, 2.05) is 43.3 Å². The number of nitrogens with zero attached hydrogens (tertiary/aromatic N) is 1. The van der Waals surface area contributed by atoms with Gasteiger partial charge >= 0.3 is 0 Å². The van der Waals surface area contributed by atoms with Crippen LogP contribution in [0.3, 0.4) is 0 Å². The molecule has 0 aliphatic rings. The topological polar surface area (TPSA) is 60.2 Å². The van der Waals surface area contributed by atoms with Gasteiger partial charge in [-0.3, -0.25) is 0 Å². The fourth-order valence-electron chi connectivity index (χ4n) is 1.66. The van der Waals surface area contributed by atoms with Crippen LogP contribution in [0.5, 0.6) is 5.75 Å². The fraction of sp³-hybridized carbons (Fsp3) is 0.143. The van der Waals surface area contributed by atoms with Gasteiger partial charge in [-0.15, -0.1) is 0 Å². The number of rotatable bonds is 4. The molecule has 0 atom stereocenters. The molecule has 0 fully saturated rings. The molecule has 0 aliphatic carbocycles. The van der Waals surface area contributed by atoms with Crippen LogP contribution < -0.4 is 15.8 Å². The Morgan fingerprint density at radius 3 is 2.47 bits per heavy atom. The summed E-state index contributed by atoms with van der Waals surface area (Å²) in [5, 5.41) is 3.21. The van der Waals surface area contributed by atoms with Crippen LogP contribution in [-0.4, -0.2) is 17.1 Å². The number of aryl methyl sites for hydroxylation is 1. The van der Waals surface area contributed by atoms with Gasteiger partial charge in [-0.05, 0) is 43.3 Å². The minimum absolute atomic E-state index is 0.323. The van der Waals surface area contributed by atoms with E-state index >= 15 is 0 Å². The second kappa shape index (κ2) is 5.67. The lowest BCUT2D eigenvalue weighted by atomic mass is 10.2. The standard InChI is InChI=1S/C14H15N3OS/c1-9-3-8-12(13(15)19)14(16-9)17-10-4-6-11(18-2)7-5-10/h3-8H,1-2H3,(H2,15,19)(H,16,17). The molecule has 0 saturated heterocycles. The zero-order chi connectivity index (χ0) is 13.8. The molecule has 0 aliphatic heterocycles. The van der Waals surface area contributed by atoms with Gasteiger partial charge in [-0.2, -0.15) is 0 Å². The third kappa shape index (κ3) is 3.20. The average molecular weight is 273 g/mol. The normalized spacial score (nSPS) is 10.0. The molecule has 0 saturated carbocycles. The van der Waals surface area contributed by atoms with Crippen LogP contribution in [-0.2, 0) is 0 Å². The van der Waals surface area contributed by atoms with Crippen molar-refractivity contribution in [3.63, 3.8) is 0 Å². The second-order valence-corrected chi connectivity index (χ2v) is 4.51. The first-order valence-electron chi connectivity index (χ1n) is 5.78. The monoisotopic (exact) mass is 273 g/mol. The predicted molar refractivity (Wildman–Crippen MR) is 81.1 cm³/mol. The van der Waals surface area contributed by atoms with Crippen LogP contribution in [0.25, 0.3) is 0 Å². The highest BCUT2D eigenvalue weighted by atomic mass is 32.1. The highest BCUT2D eigenvalue weighted by Crippen LogP contribution is 2.21. The van der Waals surface area contributed by atoms with E-state index in [1.54, 1.807) is 7.11 Å². The summed E-state index contributed by atoms with van der Waals surface area (Å²) < 4.78 is 5.12.